The number of fused-ring (bicyclic) bond motifs is 1. The fourth-order valence-electron chi connectivity index (χ4n) is 2.11. The molecule has 6 nitrogen and oxygen atoms in total. The summed E-state index contributed by atoms with van der Waals surface area (Å²) in [6, 6.07) is 14.1. The zero-order chi connectivity index (χ0) is 17.0. The molecule has 3 rings (SSSR count). The first-order valence-corrected chi connectivity index (χ1v) is 9.54. The average Bonchev–Trinajstić information content (AvgIpc) is 3.07. The third kappa shape index (κ3) is 3.97. The number of thiazole rings is 1. The molecule has 0 saturated carbocycles. The van der Waals surface area contributed by atoms with E-state index in [2.05, 4.69) is 15.0 Å². The summed E-state index contributed by atoms with van der Waals surface area (Å²) in [7, 11) is -3.74. The quantitative estimate of drug-likeness (QED) is 0.702. The molecular weight excluding hydrogens is 346 g/mol. The highest BCUT2D eigenvalue weighted by atomic mass is 32.2. The summed E-state index contributed by atoms with van der Waals surface area (Å²) in [5.41, 5.74) is 3.36. The van der Waals surface area contributed by atoms with Crippen molar-refractivity contribution in [2.24, 2.45) is 0 Å². The minimum atomic E-state index is -3.74. The van der Waals surface area contributed by atoms with Crippen LogP contribution in [0.3, 0.4) is 0 Å². The van der Waals surface area contributed by atoms with E-state index in [0.717, 1.165) is 15.8 Å². The summed E-state index contributed by atoms with van der Waals surface area (Å²) < 4.78 is 27.6. The largest absolute Gasteiger partial charge is 0.351 e. The lowest BCUT2D eigenvalue weighted by atomic mass is 10.2. The van der Waals surface area contributed by atoms with Crippen molar-refractivity contribution in [2.45, 2.75) is 11.4 Å². The SMILES string of the molecule is O=C(CNS(=O)(=O)c1ccc2ncsc2c1)NCc1ccccc1. The monoisotopic (exact) mass is 361 g/mol. The molecule has 3 aromatic rings. The summed E-state index contributed by atoms with van der Waals surface area (Å²) in [5.74, 6) is -0.388. The maximum absolute atomic E-state index is 12.3. The topological polar surface area (TPSA) is 88.2 Å². The fraction of sp³-hybridized carbons (Fsp3) is 0.125. The van der Waals surface area contributed by atoms with Crippen molar-refractivity contribution in [2.75, 3.05) is 6.54 Å². The van der Waals surface area contributed by atoms with Gasteiger partial charge < -0.3 is 5.32 Å². The van der Waals surface area contributed by atoms with Gasteiger partial charge in [-0.2, -0.15) is 0 Å². The maximum atomic E-state index is 12.3. The van der Waals surface area contributed by atoms with Crippen molar-refractivity contribution in [3.8, 4) is 0 Å². The number of benzene rings is 2. The Balaban J connectivity index is 1.59. The Bertz CT molecular complexity index is 953. The van der Waals surface area contributed by atoms with Crippen molar-refractivity contribution >= 4 is 37.5 Å². The number of nitrogens with zero attached hydrogens (tertiary/aromatic N) is 1. The van der Waals surface area contributed by atoms with E-state index in [4.69, 9.17) is 0 Å². The summed E-state index contributed by atoms with van der Waals surface area (Å²) in [4.78, 5) is 16.0. The number of rotatable bonds is 6. The predicted molar refractivity (Wildman–Crippen MR) is 93.1 cm³/mol. The number of carbonyl (C=O) groups is 1. The Morgan fingerprint density at radius 1 is 1.12 bits per heavy atom. The lowest BCUT2D eigenvalue weighted by Gasteiger charge is -2.08. The van der Waals surface area contributed by atoms with E-state index in [1.54, 1.807) is 17.6 Å². The van der Waals surface area contributed by atoms with Gasteiger partial charge in [0.2, 0.25) is 15.9 Å². The Kier molecular flexibility index (Phi) is 4.89. The predicted octanol–water partition coefficient (Wildman–Crippen LogP) is 1.89. The van der Waals surface area contributed by atoms with Gasteiger partial charge in [0.15, 0.2) is 0 Å². The van der Waals surface area contributed by atoms with Crippen LogP contribution in [0.25, 0.3) is 10.2 Å². The van der Waals surface area contributed by atoms with Crippen molar-refractivity contribution in [1.29, 1.82) is 0 Å². The molecular formula is C16H15N3O3S2. The van der Waals surface area contributed by atoms with E-state index < -0.39 is 10.0 Å². The minimum Gasteiger partial charge on any atom is -0.351 e. The number of hydrogen-bond donors (Lipinski definition) is 2. The van der Waals surface area contributed by atoms with Gasteiger partial charge in [-0.15, -0.1) is 11.3 Å². The van der Waals surface area contributed by atoms with Gasteiger partial charge in [-0.1, -0.05) is 30.3 Å². The first kappa shape index (κ1) is 16.6. The van der Waals surface area contributed by atoms with Gasteiger partial charge >= 0.3 is 0 Å². The van der Waals surface area contributed by atoms with Gasteiger partial charge in [-0.25, -0.2) is 18.1 Å². The number of hydrogen-bond acceptors (Lipinski definition) is 5. The Labute approximate surface area is 143 Å². The van der Waals surface area contributed by atoms with Gasteiger partial charge in [0, 0.05) is 6.54 Å². The highest BCUT2D eigenvalue weighted by molar-refractivity contribution is 7.89. The van der Waals surface area contributed by atoms with Crippen LogP contribution in [-0.4, -0.2) is 25.9 Å². The molecule has 24 heavy (non-hydrogen) atoms. The standard InChI is InChI=1S/C16H15N3O3S2/c20-16(17-9-12-4-2-1-3-5-12)10-19-24(21,22)13-6-7-14-15(8-13)23-11-18-14/h1-8,11,19H,9-10H2,(H,17,20). The normalized spacial score (nSPS) is 11.5. The van der Waals surface area contributed by atoms with Crippen LogP contribution in [-0.2, 0) is 21.4 Å². The molecule has 2 aromatic carbocycles. The number of amides is 1. The molecule has 124 valence electrons. The van der Waals surface area contributed by atoms with E-state index in [1.807, 2.05) is 30.3 Å². The molecule has 0 aliphatic rings. The molecule has 0 saturated heterocycles. The van der Waals surface area contributed by atoms with Gasteiger partial charge in [0.1, 0.15) is 0 Å². The van der Waals surface area contributed by atoms with E-state index in [9.17, 15) is 13.2 Å². The first-order chi connectivity index (χ1) is 11.5. The summed E-state index contributed by atoms with van der Waals surface area (Å²) in [6.45, 7) is 0.0458. The molecule has 0 radical (unpaired) electrons. The zero-order valence-electron chi connectivity index (χ0n) is 12.6. The molecule has 1 amide bonds. The minimum absolute atomic E-state index is 0.120. The molecule has 0 atom stereocenters. The summed E-state index contributed by atoms with van der Waals surface area (Å²) >= 11 is 1.37. The van der Waals surface area contributed by atoms with Crippen LogP contribution in [0.2, 0.25) is 0 Å². The van der Waals surface area contributed by atoms with Gasteiger partial charge in [-0.05, 0) is 23.8 Å². The molecule has 0 fully saturated rings. The molecule has 0 bridgehead atoms. The highest BCUT2D eigenvalue weighted by Gasteiger charge is 2.16. The molecule has 1 aromatic heterocycles. The molecule has 0 unspecified atom stereocenters. The van der Waals surface area contributed by atoms with Crippen LogP contribution in [0, 0.1) is 0 Å². The zero-order valence-corrected chi connectivity index (χ0v) is 14.2. The smallest absolute Gasteiger partial charge is 0.241 e. The second-order valence-corrected chi connectivity index (χ2v) is 7.72. The molecule has 1 heterocycles. The van der Waals surface area contributed by atoms with Crippen LogP contribution < -0.4 is 10.0 Å². The highest BCUT2D eigenvalue weighted by Crippen LogP contribution is 2.21. The number of aromatic nitrogens is 1. The van der Waals surface area contributed by atoms with Crippen LogP contribution in [0.1, 0.15) is 5.56 Å². The number of carbonyl (C=O) groups excluding carboxylic acids is 1. The van der Waals surface area contributed by atoms with E-state index in [1.165, 1.54) is 17.4 Å². The number of nitrogens with one attached hydrogen (secondary N) is 2. The van der Waals surface area contributed by atoms with Crippen molar-refractivity contribution in [3.05, 3.63) is 59.6 Å². The van der Waals surface area contributed by atoms with Gasteiger partial charge in [-0.3, -0.25) is 4.79 Å². The van der Waals surface area contributed by atoms with Crippen molar-refractivity contribution in [1.82, 2.24) is 15.0 Å². The lowest BCUT2D eigenvalue weighted by Crippen LogP contribution is -2.36. The summed E-state index contributed by atoms with van der Waals surface area (Å²) in [6.07, 6.45) is 0. The number of sulfonamides is 1. The lowest BCUT2D eigenvalue weighted by molar-refractivity contribution is -0.120. The average molecular weight is 361 g/mol. The van der Waals surface area contributed by atoms with Gasteiger partial charge in [0.25, 0.3) is 0 Å². The maximum Gasteiger partial charge on any atom is 0.241 e. The molecule has 2 N–H and O–H groups in total. The Hall–Kier alpha value is -2.29. The molecule has 0 spiro atoms. The molecule has 8 heteroatoms. The molecule has 0 aliphatic carbocycles. The molecule has 0 aliphatic heterocycles. The Morgan fingerprint density at radius 2 is 1.92 bits per heavy atom. The third-order valence-corrected chi connectivity index (χ3v) is 5.56. The Morgan fingerprint density at radius 3 is 2.71 bits per heavy atom. The van der Waals surface area contributed by atoms with Crippen LogP contribution >= 0.6 is 11.3 Å². The van der Waals surface area contributed by atoms with Crippen molar-refractivity contribution in [3.63, 3.8) is 0 Å². The first-order valence-electron chi connectivity index (χ1n) is 7.18. The van der Waals surface area contributed by atoms with Crippen LogP contribution in [0.4, 0.5) is 0 Å². The van der Waals surface area contributed by atoms with Crippen molar-refractivity contribution < 1.29 is 13.2 Å². The second kappa shape index (κ2) is 7.08. The fourth-order valence-corrected chi connectivity index (χ4v) is 3.90. The second-order valence-electron chi connectivity index (χ2n) is 5.07. The van der Waals surface area contributed by atoms with E-state index >= 15 is 0 Å². The van der Waals surface area contributed by atoms with E-state index in [0.29, 0.717) is 6.54 Å². The third-order valence-electron chi connectivity index (χ3n) is 3.37. The van der Waals surface area contributed by atoms with Gasteiger partial charge in [0.05, 0.1) is 27.2 Å². The van der Waals surface area contributed by atoms with E-state index in [-0.39, 0.29) is 17.3 Å². The summed E-state index contributed by atoms with van der Waals surface area (Å²) in [5, 5.41) is 2.67. The van der Waals surface area contributed by atoms with Crippen LogP contribution in [0.15, 0.2) is 58.9 Å². The van der Waals surface area contributed by atoms with Crippen LogP contribution in [0.5, 0.6) is 0 Å².